The number of carbonyl (C=O) groups is 2. The number of rotatable bonds is 5. The maximum absolute atomic E-state index is 12.1. The Morgan fingerprint density at radius 3 is 2.58 bits per heavy atom. The average Bonchev–Trinajstić information content (AvgIpc) is 2.60. The molecule has 0 saturated heterocycles. The summed E-state index contributed by atoms with van der Waals surface area (Å²) in [5, 5.41) is 2.89. The van der Waals surface area contributed by atoms with Gasteiger partial charge in [0.15, 0.2) is 0 Å². The highest BCUT2D eigenvalue weighted by Gasteiger charge is 2.19. The highest BCUT2D eigenvalue weighted by molar-refractivity contribution is 6.39. The van der Waals surface area contributed by atoms with E-state index < -0.39 is 11.8 Å². The maximum atomic E-state index is 12.1. The molecule has 0 aliphatic carbocycles. The summed E-state index contributed by atoms with van der Waals surface area (Å²) in [6.45, 7) is 0.430. The number of ether oxygens (including phenoxy) is 1. The minimum absolute atomic E-state index is 0.355. The molecule has 0 bridgehead atoms. The Hall–Kier alpha value is -2.60. The number of hydrogen-bond acceptors (Lipinski definition) is 4. The number of benzene rings is 1. The fraction of sp³-hybridized carbons (Fsp3) is 0.235. The number of amides is 2. The van der Waals surface area contributed by atoms with Crippen molar-refractivity contribution in [3.63, 3.8) is 0 Å². The Bertz CT molecular complexity index is 722. The SMILES string of the molecule is COc1ccc(NC(=O)C(=O)N(C)CCc2ccncc2)cc1Cl. The van der Waals surface area contributed by atoms with Gasteiger partial charge in [0.05, 0.1) is 12.1 Å². The van der Waals surface area contributed by atoms with E-state index in [0.717, 1.165) is 5.56 Å². The number of halogens is 1. The molecule has 2 amide bonds. The van der Waals surface area contributed by atoms with Crippen LogP contribution in [0.1, 0.15) is 5.56 Å². The predicted molar refractivity (Wildman–Crippen MR) is 92.2 cm³/mol. The van der Waals surface area contributed by atoms with Crippen LogP contribution in [0, 0.1) is 0 Å². The van der Waals surface area contributed by atoms with Gasteiger partial charge < -0.3 is 15.0 Å². The first kappa shape index (κ1) is 17.7. The lowest BCUT2D eigenvalue weighted by atomic mass is 10.2. The second-order valence-electron chi connectivity index (χ2n) is 5.14. The summed E-state index contributed by atoms with van der Waals surface area (Å²) in [6, 6.07) is 8.51. The molecule has 2 aromatic rings. The third kappa shape index (κ3) is 4.70. The fourth-order valence-corrected chi connectivity index (χ4v) is 2.31. The maximum Gasteiger partial charge on any atom is 0.313 e. The minimum atomic E-state index is -0.714. The lowest BCUT2D eigenvalue weighted by Gasteiger charge is -2.16. The molecule has 0 atom stereocenters. The van der Waals surface area contributed by atoms with Crippen LogP contribution >= 0.6 is 11.6 Å². The molecule has 126 valence electrons. The summed E-state index contributed by atoms with van der Waals surface area (Å²) in [5.74, 6) is -0.833. The number of nitrogens with zero attached hydrogens (tertiary/aromatic N) is 2. The van der Waals surface area contributed by atoms with E-state index in [1.807, 2.05) is 12.1 Å². The summed E-state index contributed by atoms with van der Waals surface area (Å²) in [4.78, 5) is 29.5. The monoisotopic (exact) mass is 347 g/mol. The van der Waals surface area contributed by atoms with Crippen LogP contribution in [-0.2, 0) is 16.0 Å². The Balaban J connectivity index is 1.91. The van der Waals surface area contributed by atoms with Gasteiger partial charge in [-0.15, -0.1) is 0 Å². The Morgan fingerprint density at radius 1 is 1.25 bits per heavy atom. The molecule has 1 aromatic heterocycles. The van der Waals surface area contributed by atoms with Crippen LogP contribution in [-0.4, -0.2) is 42.4 Å². The zero-order valence-corrected chi connectivity index (χ0v) is 14.2. The van der Waals surface area contributed by atoms with E-state index >= 15 is 0 Å². The Labute approximate surface area is 145 Å². The highest BCUT2D eigenvalue weighted by atomic mass is 35.5. The van der Waals surface area contributed by atoms with E-state index in [-0.39, 0.29) is 0 Å². The van der Waals surface area contributed by atoms with E-state index in [0.29, 0.717) is 29.4 Å². The van der Waals surface area contributed by atoms with Gasteiger partial charge in [-0.3, -0.25) is 14.6 Å². The molecule has 1 aromatic carbocycles. The van der Waals surface area contributed by atoms with Gasteiger partial charge in [-0.2, -0.15) is 0 Å². The number of nitrogens with one attached hydrogen (secondary N) is 1. The molecule has 0 saturated carbocycles. The second kappa shape index (κ2) is 8.31. The van der Waals surface area contributed by atoms with E-state index in [2.05, 4.69) is 10.3 Å². The smallest absolute Gasteiger partial charge is 0.313 e. The molecule has 1 heterocycles. The second-order valence-corrected chi connectivity index (χ2v) is 5.54. The van der Waals surface area contributed by atoms with Crippen LogP contribution in [0.2, 0.25) is 5.02 Å². The highest BCUT2D eigenvalue weighted by Crippen LogP contribution is 2.27. The molecule has 7 heteroatoms. The molecular weight excluding hydrogens is 330 g/mol. The number of aromatic nitrogens is 1. The van der Waals surface area contributed by atoms with Gasteiger partial charge in [0.25, 0.3) is 0 Å². The minimum Gasteiger partial charge on any atom is -0.495 e. The van der Waals surface area contributed by atoms with Crippen LogP contribution in [0.15, 0.2) is 42.7 Å². The summed E-state index contributed by atoms with van der Waals surface area (Å²) in [7, 11) is 3.09. The molecular formula is C17H18ClN3O3. The molecule has 0 aliphatic heterocycles. The number of likely N-dealkylation sites (N-methyl/N-ethyl adjacent to an activating group) is 1. The van der Waals surface area contributed by atoms with E-state index in [4.69, 9.17) is 16.3 Å². The molecule has 0 aliphatic rings. The number of anilines is 1. The van der Waals surface area contributed by atoms with Crippen molar-refractivity contribution in [1.82, 2.24) is 9.88 Å². The van der Waals surface area contributed by atoms with Crippen molar-refractivity contribution < 1.29 is 14.3 Å². The van der Waals surface area contributed by atoms with Crippen LogP contribution in [0.25, 0.3) is 0 Å². The fourth-order valence-electron chi connectivity index (χ4n) is 2.05. The van der Waals surface area contributed by atoms with Crippen molar-refractivity contribution in [3.05, 3.63) is 53.3 Å². The number of hydrogen-bond donors (Lipinski definition) is 1. The normalized spacial score (nSPS) is 10.1. The van der Waals surface area contributed by atoms with Crippen LogP contribution in [0.5, 0.6) is 5.75 Å². The van der Waals surface area contributed by atoms with Gasteiger partial charge >= 0.3 is 11.8 Å². The van der Waals surface area contributed by atoms with Crippen LogP contribution in [0.3, 0.4) is 0 Å². The molecule has 6 nitrogen and oxygen atoms in total. The molecule has 1 N–H and O–H groups in total. The lowest BCUT2D eigenvalue weighted by Crippen LogP contribution is -2.38. The van der Waals surface area contributed by atoms with E-state index in [1.165, 1.54) is 18.1 Å². The summed E-state index contributed by atoms with van der Waals surface area (Å²) < 4.78 is 5.04. The standard InChI is InChI=1S/C17H18ClN3O3/c1-21(10-7-12-5-8-19-9-6-12)17(23)16(22)20-13-3-4-15(24-2)14(18)11-13/h3-6,8-9,11H,7,10H2,1-2H3,(H,20,22). The van der Waals surface area contributed by atoms with Gasteiger partial charge in [-0.25, -0.2) is 0 Å². The molecule has 0 unspecified atom stereocenters. The van der Waals surface area contributed by atoms with Gasteiger partial charge in [0, 0.05) is 31.7 Å². The predicted octanol–water partition coefficient (Wildman–Crippen LogP) is 2.38. The molecule has 0 radical (unpaired) electrons. The van der Waals surface area contributed by atoms with Gasteiger partial charge in [-0.1, -0.05) is 11.6 Å². The van der Waals surface area contributed by atoms with Crippen molar-refractivity contribution in [2.75, 3.05) is 26.0 Å². The zero-order chi connectivity index (χ0) is 17.5. The summed E-state index contributed by atoms with van der Waals surface area (Å²) in [6.07, 6.45) is 4.03. The van der Waals surface area contributed by atoms with Crippen molar-refractivity contribution in [1.29, 1.82) is 0 Å². The first-order chi connectivity index (χ1) is 11.5. The van der Waals surface area contributed by atoms with Crippen molar-refractivity contribution in [3.8, 4) is 5.75 Å². The molecule has 24 heavy (non-hydrogen) atoms. The molecule has 0 spiro atoms. The third-order valence-electron chi connectivity index (χ3n) is 3.44. The van der Waals surface area contributed by atoms with Crippen LogP contribution < -0.4 is 10.1 Å². The third-order valence-corrected chi connectivity index (χ3v) is 3.73. The van der Waals surface area contributed by atoms with Crippen molar-refractivity contribution in [2.45, 2.75) is 6.42 Å². The largest absolute Gasteiger partial charge is 0.495 e. The number of carbonyl (C=O) groups excluding carboxylic acids is 2. The van der Waals surface area contributed by atoms with Gasteiger partial charge in [0.2, 0.25) is 0 Å². The summed E-state index contributed by atoms with van der Waals surface area (Å²) >= 11 is 6.00. The van der Waals surface area contributed by atoms with Gasteiger partial charge in [0.1, 0.15) is 5.75 Å². The summed E-state index contributed by atoms with van der Waals surface area (Å²) in [5.41, 5.74) is 1.48. The first-order valence-electron chi connectivity index (χ1n) is 7.30. The van der Waals surface area contributed by atoms with E-state index in [1.54, 1.807) is 31.6 Å². The Morgan fingerprint density at radius 2 is 1.96 bits per heavy atom. The molecule has 0 fully saturated rings. The molecule has 2 rings (SSSR count). The zero-order valence-electron chi connectivity index (χ0n) is 13.5. The van der Waals surface area contributed by atoms with Crippen LogP contribution in [0.4, 0.5) is 5.69 Å². The van der Waals surface area contributed by atoms with Gasteiger partial charge in [-0.05, 0) is 42.3 Å². The Kier molecular flexibility index (Phi) is 6.14. The first-order valence-corrected chi connectivity index (χ1v) is 7.68. The lowest BCUT2D eigenvalue weighted by molar-refractivity contribution is -0.142. The van der Waals surface area contributed by atoms with E-state index in [9.17, 15) is 9.59 Å². The average molecular weight is 348 g/mol. The van der Waals surface area contributed by atoms with Crippen molar-refractivity contribution >= 4 is 29.1 Å². The van der Waals surface area contributed by atoms with Crippen molar-refractivity contribution in [2.24, 2.45) is 0 Å². The number of methoxy groups -OCH3 is 1. The quantitative estimate of drug-likeness (QED) is 0.843. The topological polar surface area (TPSA) is 71.5 Å². The number of pyridine rings is 1.